The third-order valence-electron chi connectivity index (χ3n) is 1.61. The van der Waals surface area contributed by atoms with Crippen LogP contribution in [0.3, 0.4) is 0 Å². The molecule has 0 aromatic carbocycles. The van der Waals surface area contributed by atoms with Crippen LogP contribution in [0.25, 0.3) is 0 Å². The number of aliphatic hydroxyl groups excluding tert-OH is 1. The van der Waals surface area contributed by atoms with Gasteiger partial charge < -0.3 is 15.7 Å². The number of amides is 2. The summed E-state index contributed by atoms with van der Waals surface area (Å²) in [6, 6.07) is -0.510. The van der Waals surface area contributed by atoms with Crippen LogP contribution in [0.5, 0.6) is 0 Å². The van der Waals surface area contributed by atoms with Gasteiger partial charge in [-0.15, -0.1) is 0 Å². The van der Waals surface area contributed by atoms with Gasteiger partial charge >= 0.3 is 6.03 Å². The third kappa shape index (κ3) is 3.83. The first-order valence-corrected chi connectivity index (χ1v) is 3.63. The van der Waals surface area contributed by atoms with Crippen molar-refractivity contribution in [3.8, 4) is 0 Å². The van der Waals surface area contributed by atoms with E-state index < -0.39 is 12.1 Å². The lowest BCUT2D eigenvalue weighted by atomic mass is 10.1. The van der Waals surface area contributed by atoms with Crippen molar-refractivity contribution in [2.75, 3.05) is 13.6 Å². The van der Waals surface area contributed by atoms with Gasteiger partial charge in [0.1, 0.15) is 0 Å². The average Bonchev–Trinajstić information content (AvgIpc) is 1.87. The molecule has 0 aromatic rings. The number of carbonyl (C=O) groups is 1. The van der Waals surface area contributed by atoms with Crippen LogP contribution in [0.2, 0.25) is 0 Å². The second-order valence-electron chi connectivity index (χ2n) is 3.03. The number of aliphatic hydroxyl groups is 1. The number of hydrogen-bond acceptors (Lipinski definition) is 2. The van der Waals surface area contributed by atoms with Gasteiger partial charge in [-0.2, -0.15) is 0 Å². The van der Waals surface area contributed by atoms with Crippen LogP contribution >= 0.6 is 0 Å². The monoisotopic (exact) mass is 160 g/mol. The quantitative estimate of drug-likeness (QED) is 0.611. The van der Waals surface area contributed by atoms with Crippen molar-refractivity contribution in [3.05, 3.63) is 0 Å². The molecule has 0 spiro atoms. The molecule has 4 nitrogen and oxygen atoms in total. The molecular weight excluding hydrogens is 144 g/mol. The maximum Gasteiger partial charge on any atom is 0.314 e. The van der Waals surface area contributed by atoms with Crippen molar-refractivity contribution in [1.29, 1.82) is 0 Å². The van der Waals surface area contributed by atoms with Gasteiger partial charge in [0.05, 0.1) is 6.10 Å². The summed E-state index contributed by atoms with van der Waals surface area (Å²) in [6.45, 7) is 4.08. The average molecular weight is 160 g/mol. The largest absolute Gasteiger partial charge is 0.391 e. The van der Waals surface area contributed by atoms with E-state index in [1.54, 1.807) is 7.05 Å². The zero-order chi connectivity index (χ0) is 9.02. The standard InChI is InChI=1S/C7H16N2O2/c1-5(2)6(10)4-9(3)7(8)11/h5-6,10H,4H2,1-3H3,(H2,8,11). The van der Waals surface area contributed by atoms with Gasteiger partial charge in [0.2, 0.25) is 0 Å². The highest BCUT2D eigenvalue weighted by molar-refractivity contribution is 5.71. The van der Waals surface area contributed by atoms with E-state index >= 15 is 0 Å². The van der Waals surface area contributed by atoms with Crippen LogP contribution in [-0.4, -0.2) is 35.7 Å². The number of likely N-dealkylation sites (N-methyl/N-ethyl adjacent to an activating group) is 1. The highest BCUT2D eigenvalue weighted by atomic mass is 16.3. The first-order valence-electron chi connectivity index (χ1n) is 3.63. The molecule has 0 saturated carbocycles. The molecule has 0 saturated heterocycles. The van der Waals surface area contributed by atoms with Crippen molar-refractivity contribution in [2.45, 2.75) is 20.0 Å². The van der Waals surface area contributed by atoms with Crippen LogP contribution in [0, 0.1) is 5.92 Å². The molecule has 0 radical (unpaired) electrons. The molecule has 66 valence electrons. The summed E-state index contributed by atoms with van der Waals surface area (Å²) in [5.74, 6) is 0.150. The highest BCUT2D eigenvalue weighted by Crippen LogP contribution is 2.01. The molecular formula is C7H16N2O2. The molecule has 0 heterocycles. The Morgan fingerprint density at radius 3 is 2.36 bits per heavy atom. The highest BCUT2D eigenvalue weighted by Gasteiger charge is 2.13. The Hall–Kier alpha value is -0.770. The number of rotatable bonds is 3. The smallest absolute Gasteiger partial charge is 0.314 e. The lowest BCUT2D eigenvalue weighted by Gasteiger charge is -2.20. The molecule has 0 aliphatic carbocycles. The van der Waals surface area contributed by atoms with E-state index in [1.807, 2.05) is 13.8 Å². The van der Waals surface area contributed by atoms with E-state index in [0.29, 0.717) is 6.54 Å². The number of carbonyl (C=O) groups excluding carboxylic acids is 1. The predicted octanol–water partition coefficient (Wildman–Crippen LogP) is 0.0138. The molecule has 0 aliphatic heterocycles. The van der Waals surface area contributed by atoms with Gasteiger partial charge in [0, 0.05) is 13.6 Å². The van der Waals surface area contributed by atoms with E-state index in [0.717, 1.165) is 0 Å². The Kier molecular flexibility index (Phi) is 3.89. The Balaban J connectivity index is 3.75. The minimum Gasteiger partial charge on any atom is -0.391 e. The maximum atomic E-state index is 10.5. The molecule has 0 fully saturated rings. The van der Waals surface area contributed by atoms with Gasteiger partial charge in [-0.05, 0) is 5.92 Å². The van der Waals surface area contributed by atoms with E-state index in [9.17, 15) is 9.90 Å². The van der Waals surface area contributed by atoms with Gasteiger partial charge in [-0.3, -0.25) is 0 Å². The van der Waals surface area contributed by atoms with Crippen molar-refractivity contribution < 1.29 is 9.90 Å². The minimum absolute atomic E-state index is 0.150. The van der Waals surface area contributed by atoms with E-state index in [-0.39, 0.29) is 5.92 Å². The summed E-state index contributed by atoms with van der Waals surface area (Å²) in [4.78, 5) is 11.8. The number of primary amides is 1. The van der Waals surface area contributed by atoms with Crippen LogP contribution in [-0.2, 0) is 0 Å². The van der Waals surface area contributed by atoms with Crippen molar-refractivity contribution in [1.82, 2.24) is 4.90 Å². The van der Waals surface area contributed by atoms with E-state index in [4.69, 9.17) is 5.73 Å². The second-order valence-corrected chi connectivity index (χ2v) is 3.03. The van der Waals surface area contributed by atoms with E-state index in [2.05, 4.69) is 0 Å². The first kappa shape index (κ1) is 10.2. The summed E-state index contributed by atoms with van der Waals surface area (Å²) < 4.78 is 0. The SMILES string of the molecule is CC(C)C(O)CN(C)C(N)=O. The van der Waals surface area contributed by atoms with Crippen LogP contribution < -0.4 is 5.73 Å². The number of nitrogens with two attached hydrogens (primary N) is 1. The Bertz CT molecular complexity index is 136. The summed E-state index contributed by atoms with van der Waals surface area (Å²) in [5.41, 5.74) is 4.96. The van der Waals surface area contributed by atoms with Crippen LogP contribution in [0.15, 0.2) is 0 Å². The Labute approximate surface area is 67.0 Å². The zero-order valence-electron chi connectivity index (χ0n) is 7.24. The maximum absolute atomic E-state index is 10.5. The molecule has 0 aliphatic rings. The molecule has 1 unspecified atom stereocenters. The van der Waals surface area contributed by atoms with Gasteiger partial charge in [0.15, 0.2) is 0 Å². The molecule has 2 amide bonds. The third-order valence-corrected chi connectivity index (χ3v) is 1.61. The normalized spacial score (nSPS) is 13.2. The first-order chi connectivity index (χ1) is 4.95. The Morgan fingerprint density at radius 1 is 1.64 bits per heavy atom. The van der Waals surface area contributed by atoms with Gasteiger partial charge in [-0.1, -0.05) is 13.8 Å². The van der Waals surface area contributed by atoms with E-state index in [1.165, 1.54) is 4.90 Å². The van der Waals surface area contributed by atoms with Crippen molar-refractivity contribution in [2.24, 2.45) is 11.7 Å². The van der Waals surface area contributed by atoms with Gasteiger partial charge in [-0.25, -0.2) is 4.79 Å². The molecule has 4 heteroatoms. The fourth-order valence-corrected chi connectivity index (χ4v) is 0.581. The molecule has 0 aromatic heterocycles. The number of urea groups is 1. The van der Waals surface area contributed by atoms with Crippen LogP contribution in [0.4, 0.5) is 4.79 Å². The van der Waals surface area contributed by atoms with Crippen molar-refractivity contribution >= 4 is 6.03 Å². The van der Waals surface area contributed by atoms with Gasteiger partial charge in [0.25, 0.3) is 0 Å². The van der Waals surface area contributed by atoms with Crippen molar-refractivity contribution in [3.63, 3.8) is 0 Å². The zero-order valence-corrected chi connectivity index (χ0v) is 7.24. The fourth-order valence-electron chi connectivity index (χ4n) is 0.581. The Morgan fingerprint density at radius 2 is 2.09 bits per heavy atom. The molecule has 0 rings (SSSR count). The fraction of sp³-hybridized carbons (Fsp3) is 0.857. The lowest BCUT2D eigenvalue weighted by molar-refractivity contribution is 0.0954. The summed E-state index contributed by atoms with van der Waals surface area (Å²) in [6.07, 6.45) is -0.493. The summed E-state index contributed by atoms with van der Waals surface area (Å²) in [5, 5.41) is 9.30. The molecule has 3 N–H and O–H groups in total. The molecule has 0 bridgehead atoms. The molecule has 11 heavy (non-hydrogen) atoms. The summed E-state index contributed by atoms with van der Waals surface area (Å²) in [7, 11) is 1.56. The topological polar surface area (TPSA) is 66.6 Å². The predicted molar refractivity (Wildman–Crippen MR) is 43.1 cm³/mol. The number of hydrogen-bond donors (Lipinski definition) is 2. The molecule has 1 atom stereocenters. The minimum atomic E-state index is -0.510. The summed E-state index contributed by atoms with van der Waals surface area (Å²) >= 11 is 0. The number of nitrogens with zero attached hydrogens (tertiary/aromatic N) is 1. The second kappa shape index (κ2) is 4.18. The van der Waals surface area contributed by atoms with Crippen LogP contribution in [0.1, 0.15) is 13.8 Å². The lowest BCUT2D eigenvalue weighted by Crippen LogP contribution is -2.39.